The van der Waals surface area contributed by atoms with Crippen molar-refractivity contribution in [3.63, 3.8) is 0 Å². The normalized spacial score (nSPS) is 10.8. The molecule has 0 spiro atoms. The van der Waals surface area contributed by atoms with Crippen LogP contribution in [0.4, 0.5) is 5.69 Å². The van der Waals surface area contributed by atoms with Gasteiger partial charge in [0.25, 0.3) is 5.91 Å². The van der Waals surface area contributed by atoms with Crippen LogP contribution in [0.3, 0.4) is 0 Å². The number of unbranched alkanes of at least 4 members (excludes halogenated alkanes) is 1. The van der Waals surface area contributed by atoms with Gasteiger partial charge in [0.05, 0.1) is 5.56 Å². The molecular formula is C18H23N3O4. The molecule has 0 atom stereocenters. The van der Waals surface area contributed by atoms with E-state index in [9.17, 15) is 9.59 Å². The van der Waals surface area contributed by atoms with E-state index in [0.29, 0.717) is 18.8 Å². The van der Waals surface area contributed by atoms with Gasteiger partial charge < -0.3 is 20.5 Å². The van der Waals surface area contributed by atoms with E-state index in [4.69, 9.17) is 15.1 Å². The summed E-state index contributed by atoms with van der Waals surface area (Å²) in [6.45, 7) is 4.08. The fraction of sp³-hybridized carbons (Fsp3) is 0.389. The maximum absolute atomic E-state index is 12.0. The summed E-state index contributed by atoms with van der Waals surface area (Å²) in [5, 5.41) is 23.4. The van der Waals surface area contributed by atoms with E-state index in [-0.39, 0.29) is 11.1 Å². The van der Waals surface area contributed by atoms with Crippen molar-refractivity contribution in [2.75, 3.05) is 25.1 Å². The van der Waals surface area contributed by atoms with Gasteiger partial charge in [-0.05, 0) is 37.1 Å². The van der Waals surface area contributed by atoms with Gasteiger partial charge in [0.1, 0.15) is 11.6 Å². The van der Waals surface area contributed by atoms with Crippen LogP contribution in [0.1, 0.15) is 36.5 Å². The third kappa shape index (κ3) is 7.99. The van der Waals surface area contributed by atoms with E-state index in [1.54, 1.807) is 0 Å². The van der Waals surface area contributed by atoms with Crippen molar-refractivity contribution < 1.29 is 19.4 Å². The quantitative estimate of drug-likeness (QED) is 0.323. The fourth-order valence-electron chi connectivity index (χ4n) is 1.84. The van der Waals surface area contributed by atoms with E-state index in [2.05, 4.69) is 17.6 Å². The summed E-state index contributed by atoms with van der Waals surface area (Å²) in [7, 11) is 0. The molecule has 0 aliphatic carbocycles. The average molecular weight is 345 g/mol. The zero-order chi connectivity index (χ0) is 18.5. The van der Waals surface area contributed by atoms with E-state index in [1.807, 2.05) is 6.07 Å². The first-order valence-corrected chi connectivity index (χ1v) is 8.14. The van der Waals surface area contributed by atoms with Crippen molar-refractivity contribution in [2.24, 2.45) is 0 Å². The number of carboxylic acid groups (broad SMARTS) is 1. The first-order valence-electron chi connectivity index (χ1n) is 8.14. The maximum Gasteiger partial charge on any atom is 0.335 e. The van der Waals surface area contributed by atoms with Crippen LogP contribution in [0.25, 0.3) is 0 Å². The SMILES string of the molecule is CCCCOCCCN/C=C(/C#N)C(=O)Nc1ccc(C(=O)O)cc1. The lowest BCUT2D eigenvalue weighted by atomic mass is 10.2. The molecule has 0 radical (unpaired) electrons. The van der Waals surface area contributed by atoms with Gasteiger partial charge in [-0.1, -0.05) is 13.3 Å². The summed E-state index contributed by atoms with van der Waals surface area (Å²) in [6.07, 6.45) is 4.28. The number of hydrogen-bond acceptors (Lipinski definition) is 5. The average Bonchev–Trinajstić information content (AvgIpc) is 2.61. The topological polar surface area (TPSA) is 111 Å². The molecule has 1 rings (SSSR count). The van der Waals surface area contributed by atoms with Crippen molar-refractivity contribution in [2.45, 2.75) is 26.2 Å². The number of nitrogens with zero attached hydrogens (tertiary/aromatic N) is 1. The number of nitrogens with one attached hydrogen (secondary N) is 2. The van der Waals surface area contributed by atoms with Gasteiger partial charge in [-0.25, -0.2) is 4.79 Å². The van der Waals surface area contributed by atoms with E-state index in [1.165, 1.54) is 30.5 Å². The molecule has 0 heterocycles. The lowest BCUT2D eigenvalue weighted by Crippen LogP contribution is -2.18. The van der Waals surface area contributed by atoms with Crippen LogP contribution in [0.2, 0.25) is 0 Å². The van der Waals surface area contributed by atoms with Gasteiger partial charge in [0.15, 0.2) is 0 Å². The molecule has 1 aromatic carbocycles. The Balaban J connectivity index is 2.40. The Morgan fingerprint density at radius 2 is 1.92 bits per heavy atom. The Morgan fingerprint density at radius 3 is 2.52 bits per heavy atom. The van der Waals surface area contributed by atoms with Crippen molar-refractivity contribution in [3.8, 4) is 6.07 Å². The minimum Gasteiger partial charge on any atom is -0.478 e. The number of benzene rings is 1. The number of amides is 1. The molecule has 0 saturated carbocycles. The smallest absolute Gasteiger partial charge is 0.335 e. The summed E-state index contributed by atoms with van der Waals surface area (Å²) in [6, 6.07) is 7.53. The highest BCUT2D eigenvalue weighted by Gasteiger charge is 2.09. The number of anilines is 1. The first-order chi connectivity index (χ1) is 12.1. The van der Waals surface area contributed by atoms with E-state index in [0.717, 1.165) is 25.9 Å². The summed E-state index contributed by atoms with van der Waals surface area (Å²) < 4.78 is 5.41. The van der Waals surface area contributed by atoms with Crippen molar-refractivity contribution in [1.82, 2.24) is 5.32 Å². The predicted molar refractivity (Wildman–Crippen MR) is 94.1 cm³/mol. The van der Waals surface area contributed by atoms with Crippen molar-refractivity contribution in [1.29, 1.82) is 5.26 Å². The van der Waals surface area contributed by atoms with Crippen molar-refractivity contribution >= 4 is 17.6 Å². The third-order valence-electron chi connectivity index (χ3n) is 3.25. The monoisotopic (exact) mass is 345 g/mol. The number of ether oxygens (including phenoxy) is 1. The van der Waals surface area contributed by atoms with Gasteiger partial charge in [0.2, 0.25) is 0 Å². The van der Waals surface area contributed by atoms with Gasteiger partial charge in [-0.2, -0.15) is 5.26 Å². The molecule has 7 heteroatoms. The standard InChI is InChI=1S/C18H23N3O4/c1-2-3-10-25-11-4-9-20-13-15(12-19)17(22)21-16-7-5-14(6-8-16)18(23)24/h5-8,13,20H,2-4,9-11H2,1H3,(H,21,22)(H,23,24)/b15-13-. The molecule has 1 amide bonds. The number of carboxylic acids is 1. The molecule has 1 aromatic rings. The van der Waals surface area contributed by atoms with Gasteiger partial charge in [-0.3, -0.25) is 4.79 Å². The van der Waals surface area contributed by atoms with Gasteiger partial charge >= 0.3 is 5.97 Å². The second kappa shape index (κ2) is 11.6. The predicted octanol–water partition coefficient (Wildman–Crippen LogP) is 2.53. The molecule has 0 unspecified atom stereocenters. The van der Waals surface area contributed by atoms with Crippen molar-refractivity contribution in [3.05, 3.63) is 41.6 Å². The molecule has 0 aliphatic heterocycles. The molecule has 0 bridgehead atoms. The van der Waals surface area contributed by atoms with Crippen LogP contribution < -0.4 is 10.6 Å². The number of carbonyl (C=O) groups excluding carboxylic acids is 1. The highest BCUT2D eigenvalue weighted by atomic mass is 16.5. The highest BCUT2D eigenvalue weighted by Crippen LogP contribution is 2.10. The number of carbonyl (C=O) groups is 2. The van der Waals surface area contributed by atoms with Crippen LogP contribution in [-0.2, 0) is 9.53 Å². The molecule has 0 fully saturated rings. The Kier molecular flexibility index (Phi) is 9.41. The fourth-order valence-corrected chi connectivity index (χ4v) is 1.84. The van der Waals surface area contributed by atoms with E-state index >= 15 is 0 Å². The summed E-state index contributed by atoms with van der Waals surface area (Å²) in [5.41, 5.74) is 0.478. The lowest BCUT2D eigenvalue weighted by Gasteiger charge is -2.06. The van der Waals surface area contributed by atoms with Crippen LogP contribution in [-0.4, -0.2) is 36.7 Å². The zero-order valence-corrected chi connectivity index (χ0v) is 14.2. The minimum absolute atomic E-state index is 0.0609. The largest absolute Gasteiger partial charge is 0.478 e. The Hall–Kier alpha value is -2.85. The third-order valence-corrected chi connectivity index (χ3v) is 3.25. The minimum atomic E-state index is -1.04. The number of hydrogen-bond donors (Lipinski definition) is 3. The molecule has 0 aromatic heterocycles. The zero-order valence-electron chi connectivity index (χ0n) is 14.2. The first kappa shape index (κ1) is 20.2. The van der Waals surface area contributed by atoms with Crippen LogP contribution in [0, 0.1) is 11.3 Å². The molecule has 134 valence electrons. The molecular weight excluding hydrogens is 322 g/mol. The molecule has 3 N–H and O–H groups in total. The Morgan fingerprint density at radius 1 is 1.24 bits per heavy atom. The Labute approximate surface area is 147 Å². The molecule has 7 nitrogen and oxygen atoms in total. The van der Waals surface area contributed by atoms with E-state index < -0.39 is 11.9 Å². The van der Waals surface area contributed by atoms with Gasteiger partial charge in [0, 0.05) is 31.6 Å². The highest BCUT2D eigenvalue weighted by molar-refractivity contribution is 6.06. The molecule has 0 saturated heterocycles. The van der Waals surface area contributed by atoms with Crippen LogP contribution in [0.15, 0.2) is 36.0 Å². The second-order valence-corrected chi connectivity index (χ2v) is 5.28. The number of nitriles is 1. The lowest BCUT2D eigenvalue weighted by molar-refractivity contribution is -0.112. The summed E-state index contributed by atoms with van der Waals surface area (Å²) in [4.78, 5) is 22.8. The summed E-state index contributed by atoms with van der Waals surface area (Å²) >= 11 is 0. The Bertz CT molecular complexity index is 633. The van der Waals surface area contributed by atoms with Crippen LogP contribution in [0.5, 0.6) is 0 Å². The second-order valence-electron chi connectivity index (χ2n) is 5.28. The maximum atomic E-state index is 12.0. The molecule has 25 heavy (non-hydrogen) atoms. The van der Waals surface area contributed by atoms with Gasteiger partial charge in [-0.15, -0.1) is 0 Å². The molecule has 0 aliphatic rings. The number of aromatic carboxylic acids is 1. The van der Waals surface area contributed by atoms with Crippen LogP contribution >= 0.6 is 0 Å². The summed E-state index contributed by atoms with van der Waals surface area (Å²) in [5.74, 6) is -1.60. The number of rotatable bonds is 11.